The van der Waals surface area contributed by atoms with Crippen molar-refractivity contribution in [3.8, 4) is 11.5 Å². The van der Waals surface area contributed by atoms with Gasteiger partial charge in [-0.1, -0.05) is 0 Å². The Labute approximate surface area is 120 Å². The quantitative estimate of drug-likeness (QED) is 0.894. The number of benzene rings is 1. The minimum absolute atomic E-state index is 0.442. The number of hydrogen-bond acceptors (Lipinski definition) is 4. The molecule has 110 valence electrons. The van der Waals surface area contributed by atoms with Crippen molar-refractivity contribution in [1.29, 1.82) is 0 Å². The first-order chi connectivity index (χ1) is 9.63. The summed E-state index contributed by atoms with van der Waals surface area (Å²) in [6.07, 6.45) is 3.29. The lowest BCUT2D eigenvalue weighted by atomic mass is 9.97. The Balaban J connectivity index is 1.68. The Hall–Kier alpha value is -1.26. The zero-order chi connectivity index (χ0) is 14.2. The van der Waals surface area contributed by atoms with Gasteiger partial charge >= 0.3 is 0 Å². The van der Waals surface area contributed by atoms with E-state index in [2.05, 4.69) is 4.90 Å². The highest BCUT2D eigenvalue weighted by Crippen LogP contribution is 2.44. The molecule has 1 aromatic carbocycles. The summed E-state index contributed by atoms with van der Waals surface area (Å²) >= 11 is 0. The van der Waals surface area contributed by atoms with Crippen molar-refractivity contribution in [2.24, 2.45) is 5.92 Å². The molecular weight excluding hydrogens is 254 g/mol. The Morgan fingerprint density at radius 2 is 1.85 bits per heavy atom. The zero-order valence-electron chi connectivity index (χ0n) is 12.3. The third-order valence-corrected chi connectivity index (χ3v) is 4.51. The van der Waals surface area contributed by atoms with Gasteiger partial charge in [0, 0.05) is 25.7 Å². The first-order valence-corrected chi connectivity index (χ1v) is 7.29. The molecule has 1 aliphatic carbocycles. The highest BCUT2D eigenvalue weighted by atomic mass is 16.5. The summed E-state index contributed by atoms with van der Waals surface area (Å²) < 4.78 is 10.6. The van der Waals surface area contributed by atoms with Crippen LogP contribution in [0.25, 0.3) is 0 Å². The summed E-state index contributed by atoms with van der Waals surface area (Å²) in [6.45, 7) is 2.59. The van der Waals surface area contributed by atoms with Crippen molar-refractivity contribution < 1.29 is 14.6 Å². The van der Waals surface area contributed by atoms with Gasteiger partial charge in [0.05, 0.1) is 19.8 Å². The molecule has 4 heteroatoms. The van der Waals surface area contributed by atoms with Crippen LogP contribution in [-0.4, -0.2) is 42.9 Å². The molecule has 1 unspecified atom stereocenters. The Morgan fingerprint density at radius 3 is 2.40 bits per heavy atom. The highest BCUT2D eigenvalue weighted by Gasteiger charge is 2.47. The van der Waals surface area contributed by atoms with Crippen molar-refractivity contribution >= 4 is 0 Å². The Kier molecular flexibility index (Phi) is 3.61. The van der Waals surface area contributed by atoms with Crippen LogP contribution in [0.4, 0.5) is 0 Å². The minimum atomic E-state index is -0.442. The average Bonchev–Trinajstić information content (AvgIpc) is 3.24. The summed E-state index contributed by atoms with van der Waals surface area (Å²) in [5, 5.41) is 10.6. The van der Waals surface area contributed by atoms with Crippen LogP contribution in [0.3, 0.4) is 0 Å². The fourth-order valence-corrected chi connectivity index (χ4v) is 3.20. The first kappa shape index (κ1) is 13.7. The highest BCUT2D eigenvalue weighted by molar-refractivity contribution is 5.38. The number of rotatable bonds is 5. The van der Waals surface area contributed by atoms with E-state index in [4.69, 9.17) is 9.47 Å². The summed E-state index contributed by atoms with van der Waals surface area (Å²) in [4.78, 5) is 2.33. The molecule has 4 nitrogen and oxygen atoms in total. The maximum Gasteiger partial charge on any atom is 0.122 e. The molecule has 1 aliphatic heterocycles. The van der Waals surface area contributed by atoms with Crippen LogP contribution >= 0.6 is 0 Å². The molecule has 0 spiro atoms. The minimum Gasteiger partial charge on any atom is -0.497 e. The fraction of sp³-hybridized carbons (Fsp3) is 0.625. The van der Waals surface area contributed by atoms with Crippen LogP contribution < -0.4 is 9.47 Å². The predicted molar refractivity (Wildman–Crippen MR) is 77.1 cm³/mol. The molecule has 2 aliphatic rings. The van der Waals surface area contributed by atoms with Crippen LogP contribution in [0.2, 0.25) is 0 Å². The summed E-state index contributed by atoms with van der Waals surface area (Å²) in [6, 6.07) is 5.96. The van der Waals surface area contributed by atoms with Crippen LogP contribution in [0.5, 0.6) is 11.5 Å². The topological polar surface area (TPSA) is 41.9 Å². The van der Waals surface area contributed by atoms with Gasteiger partial charge in [0.25, 0.3) is 0 Å². The third kappa shape index (κ3) is 2.76. The van der Waals surface area contributed by atoms with Crippen LogP contribution in [0, 0.1) is 5.92 Å². The second kappa shape index (κ2) is 5.26. The van der Waals surface area contributed by atoms with Crippen LogP contribution in [0.15, 0.2) is 18.2 Å². The lowest BCUT2D eigenvalue weighted by Gasteiger charge is -2.23. The van der Waals surface area contributed by atoms with Crippen molar-refractivity contribution in [2.75, 3.05) is 27.3 Å². The van der Waals surface area contributed by atoms with Gasteiger partial charge in [-0.3, -0.25) is 4.90 Å². The summed E-state index contributed by atoms with van der Waals surface area (Å²) in [5.41, 5.74) is 0.726. The van der Waals surface area contributed by atoms with Crippen molar-refractivity contribution in [3.05, 3.63) is 23.8 Å². The van der Waals surface area contributed by atoms with E-state index in [1.165, 1.54) is 18.4 Å². The molecule has 20 heavy (non-hydrogen) atoms. The normalized spacial score (nSPS) is 26.8. The Bertz CT molecular complexity index is 464. The standard InChI is InChI=1S/C16H23NO3/c1-19-14-7-12(8-15(9-14)20-2)10-17-6-5-16(18,11-17)13-3-4-13/h7-9,13,18H,3-6,10-11H2,1-2H3. The summed E-state index contributed by atoms with van der Waals surface area (Å²) in [5.74, 6) is 2.17. The number of β-amino-alcohol motifs (C(OH)–C–C–N with tert-alkyl or cyclic N) is 1. The second-order valence-corrected chi connectivity index (χ2v) is 6.06. The number of nitrogens with zero attached hydrogens (tertiary/aromatic N) is 1. The van der Waals surface area contributed by atoms with Crippen LogP contribution in [-0.2, 0) is 6.54 Å². The number of hydrogen-bond donors (Lipinski definition) is 1. The van der Waals surface area contributed by atoms with E-state index in [-0.39, 0.29) is 0 Å². The second-order valence-electron chi connectivity index (χ2n) is 6.06. The number of methoxy groups -OCH3 is 2. The Morgan fingerprint density at radius 1 is 1.20 bits per heavy atom. The lowest BCUT2D eigenvalue weighted by molar-refractivity contribution is 0.0263. The van der Waals surface area contributed by atoms with E-state index in [1.54, 1.807) is 14.2 Å². The fourth-order valence-electron chi connectivity index (χ4n) is 3.20. The van der Waals surface area contributed by atoms with E-state index < -0.39 is 5.60 Å². The molecule has 1 N–H and O–H groups in total. The molecule has 1 atom stereocenters. The molecule has 1 saturated carbocycles. The molecule has 0 amide bonds. The van der Waals surface area contributed by atoms with Gasteiger partial charge in [-0.25, -0.2) is 0 Å². The maximum atomic E-state index is 10.6. The molecule has 3 rings (SSSR count). The van der Waals surface area contributed by atoms with Crippen LogP contribution in [0.1, 0.15) is 24.8 Å². The van der Waals surface area contributed by atoms with Gasteiger partial charge in [-0.2, -0.15) is 0 Å². The van der Waals surface area contributed by atoms with Crippen molar-refractivity contribution in [1.82, 2.24) is 4.90 Å². The van der Waals surface area contributed by atoms with Gasteiger partial charge < -0.3 is 14.6 Å². The molecule has 1 aromatic rings. The van der Waals surface area contributed by atoms with Gasteiger partial charge in [0.2, 0.25) is 0 Å². The predicted octanol–water partition coefficient (Wildman–Crippen LogP) is 2.05. The van der Waals surface area contributed by atoms with Crippen molar-refractivity contribution in [2.45, 2.75) is 31.4 Å². The largest absolute Gasteiger partial charge is 0.497 e. The zero-order valence-corrected chi connectivity index (χ0v) is 12.3. The van der Waals surface area contributed by atoms with Gasteiger partial charge in [0.15, 0.2) is 0 Å². The number of likely N-dealkylation sites (tertiary alicyclic amines) is 1. The molecule has 0 radical (unpaired) electrons. The van der Waals surface area contributed by atoms with E-state index >= 15 is 0 Å². The molecule has 1 heterocycles. The van der Waals surface area contributed by atoms with Gasteiger partial charge in [-0.15, -0.1) is 0 Å². The van der Waals surface area contributed by atoms with E-state index in [9.17, 15) is 5.11 Å². The third-order valence-electron chi connectivity index (χ3n) is 4.51. The number of ether oxygens (including phenoxy) is 2. The van der Waals surface area contributed by atoms with Gasteiger partial charge in [-0.05, 0) is 42.9 Å². The molecular formula is C16H23NO3. The molecule has 0 bridgehead atoms. The first-order valence-electron chi connectivity index (χ1n) is 7.29. The molecule has 0 aromatic heterocycles. The summed E-state index contributed by atoms with van der Waals surface area (Å²) in [7, 11) is 3.33. The van der Waals surface area contributed by atoms with Gasteiger partial charge in [0.1, 0.15) is 11.5 Å². The number of aliphatic hydroxyl groups is 1. The van der Waals surface area contributed by atoms with E-state index in [0.29, 0.717) is 5.92 Å². The van der Waals surface area contributed by atoms with Crippen molar-refractivity contribution in [3.63, 3.8) is 0 Å². The monoisotopic (exact) mass is 277 g/mol. The molecule has 2 fully saturated rings. The smallest absolute Gasteiger partial charge is 0.122 e. The average molecular weight is 277 g/mol. The van der Waals surface area contributed by atoms with E-state index in [0.717, 1.165) is 37.6 Å². The SMILES string of the molecule is COc1cc(CN2CCC(O)(C3CC3)C2)cc(OC)c1. The van der Waals surface area contributed by atoms with E-state index in [1.807, 2.05) is 18.2 Å². The molecule has 1 saturated heterocycles. The maximum absolute atomic E-state index is 10.6. The lowest BCUT2D eigenvalue weighted by Crippen LogP contribution is -2.35.